The van der Waals surface area contributed by atoms with Crippen LogP contribution in [0.4, 0.5) is 30.7 Å². The average molecular weight is 536 g/mol. The fourth-order valence-corrected chi connectivity index (χ4v) is 3.32. The lowest BCUT2D eigenvalue weighted by Crippen LogP contribution is -2.25. The second kappa shape index (κ2) is 10.3. The summed E-state index contributed by atoms with van der Waals surface area (Å²) in [6.07, 6.45) is -9.24. The summed E-state index contributed by atoms with van der Waals surface area (Å²) < 4.78 is 96.0. The predicted molar refractivity (Wildman–Crippen MR) is 113 cm³/mol. The van der Waals surface area contributed by atoms with E-state index in [2.05, 4.69) is 4.99 Å². The molecule has 1 unspecified atom stereocenters. The SMILES string of the molecule is C/N=C/NC(=O)c1ccc(/C(F)=C/C(c2cc(Cl)c(Cl)c(Cl)c2)C(F)(F)F)cc1C(F)(F)F. The van der Waals surface area contributed by atoms with E-state index >= 15 is 0 Å². The second-order valence-electron chi connectivity index (χ2n) is 6.45. The molecule has 0 spiro atoms. The van der Waals surface area contributed by atoms with Gasteiger partial charge in [0.25, 0.3) is 5.91 Å². The number of aliphatic imine (C=N–C) groups is 1. The molecule has 178 valence electrons. The van der Waals surface area contributed by atoms with Gasteiger partial charge < -0.3 is 5.32 Å². The highest BCUT2D eigenvalue weighted by atomic mass is 35.5. The molecule has 2 rings (SSSR count). The molecule has 0 aliphatic heterocycles. The van der Waals surface area contributed by atoms with Crippen LogP contribution in [0.5, 0.6) is 0 Å². The molecule has 13 heteroatoms. The number of halogens is 10. The van der Waals surface area contributed by atoms with Gasteiger partial charge in [-0.3, -0.25) is 9.79 Å². The maximum atomic E-state index is 14.8. The number of carbonyl (C=O) groups excluding carboxylic acids is 1. The molecule has 0 aliphatic rings. The number of carbonyl (C=O) groups is 1. The van der Waals surface area contributed by atoms with Gasteiger partial charge in [-0.2, -0.15) is 26.3 Å². The first-order chi connectivity index (χ1) is 15.2. The minimum atomic E-state index is -5.10. The Labute approximate surface area is 197 Å². The molecule has 0 saturated carbocycles. The molecule has 2 aromatic carbocycles. The zero-order valence-corrected chi connectivity index (χ0v) is 18.5. The number of amides is 1. The van der Waals surface area contributed by atoms with Gasteiger partial charge in [-0.25, -0.2) is 4.39 Å². The number of allylic oxidation sites excluding steroid dienone is 1. The molecule has 0 fully saturated rings. The number of hydrogen-bond donors (Lipinski definition) is 1. The summed E-state index contributed by atoms with van der Waals surface area (Å²) in [6.45, 7) is 0. The highest BCUT2D eigenvalue weighted by molar-refractivity contribution is 6.48. The molecule has 0 aromatic heterocycles. The minimum Gasteiger partial charge on any atom is -0.313 e. The third kappa shape index (κ3) is 6.61. The Balaban J connectivity index is 2.60. The Bertz CT molecular complexity index is 1090. The summed E-state index contributed by atoms with van der Waals surface area (Å²) >= 11 is 17.2. The van der Waals surface area contributed by atoms with E-state index in [0.29, 0.717) is 6.07 Å². The standard InChI is InChI=1S/C20H12Cl3F7N2O/c1-31-8-32-18(33)11-3-2-9(4-13(11)20(28,29)30)16(24)7-12(19(25,26)27)10-5-14(21)17(23)15(22)6-10/h2-8,12H,1H3,(H,31,32,33)/b16-7-. The maximum Gasteiger partial charge on any atom is 0.417 e. The zero-order chi connectivity index (χ0) is 25.1. The van der Waals surface area contributed by atoms with E-state index in [1.165, 1.54) is 7.05 Å². The van der Waals surface area contributed by atoms with Crippen LogP contribution in [-0.2, 0) is 6.18 Å². The van der Waals surface area contributed by atoms with Crippen molar-refractivity contribution in [1.82, 2.24) is 5.32 Å². The van der Waals surface area contributed by atoms with Crippen LogP contribution < -0.4 is 5.32 Å². The van der Waals surface area contributed by atoms with Gasteiger partial charge in [0.15, 0.2) is 0 Å². The van der Waals surface area contributed by atoms with Crippen LogP contribution in [0.1, 0.15) is 33.0 Å². The highest BCUT2D eigenvalue weighted by Gasteiger charge is 2.41. The van der Waals surface area contributed by atoms with E-state index in [-0.39, 0.29) is 27.2 Å². The van der Waals surface area contributed by atoms with E-state index in [0.717, 1.165) is 24.5 Å². The molecule has 1 atom stereocenters. The maximum absolute atomic E-state index is 14.8. The van der Waals surface area contributed by atoms with Crippen molar-refractivity contribution in [2.45, 2.75) is 18.3 Å². The summed E-state index contributed by atoms with van der Waals surface area (Å²) in [5.41, 5.74) is -3.83. The van der Waals surface area contributed by atoms with E-state index < -0.39 is 52.3 Å². The molecule has 1 amide bonds. The van der Waals surface area contributed by atoms with Crippen LogP contribution in [0.3, 0.4) is 0 Å². The number of nitrogens with one attached hydrogen (secondary N) is 1. The number of benzene rings is 2. The predicted octanol–water partition coefficient (Wildman–Crippen LogP) is 7.71. The lowest BCUT2D eigenvalue weighted by atomic mass is 9.95. The van der Waals surface area contributed by atoms with Gasteiger partial charge in [-0.05, 0) is 35.9 Å². The quantitative estimate of drug-likeness (QED) is 0.181. The van der Waals surface area contributed by atoms with Gasteiger partial charge in [0, 0.05) is 12.6 Å². The minimum absolute atomic E-state index is 0.0782. The third-order valence-electron chi connectivity index (χ3n) is 4.20. The molecule has 33 heavy (non-hydrogen) atoms. The fraction of sp³-hybridized carbons (Fsp3) is 0.200. The number of hydrogen-bond acceptors (Lipinski definition) is 2. The Morgan fingerprint density at radius 3 is 2.09 bits per heavy atom. The molecule has 1 N–H and O–H groups in total. The number of alkyl halides is 6. The summed E-state index contributed by atoms with van der Waals surface area (Å²) in [5, 5.41) is 1.10. The summed E-state index contributed by atoms with van der Waals surface area (Å²) in [6, 6.07) is 3.26. The van der Waals surface area contributed by atoms with Crippen molar-refractivity contribution in [2.75, 3.05) is 7.05 Å². The number of rotatable bonds is 5. The van der Waals surface area contributed by atoms with Gasteiger partial charge in [-0.1, -0.05) is 40.9 Å². The smallest absolute Gasteiger partial charge is 0.313 e. The molecule has 2 aromatic rings. The number of nitrogens with zero attached hydrogens (tertiary/aromatic N) is 1. The largest absolute Gasteiger partial charge is 0.417 e. The molecule has 0 bridgehead atoms. The van der Waals surface area contributed by atoms with Crippen molar-refractivity contribution in [3.63, 3.8) is 0 Å². The molecule has 0 radical (unpaired) electrons. The highest BCUT2D eigenvalue weighted by Crippen LogP contribution is 2.42. The van der Waals surface area contributed by atoms with Crippen molar-refractivity contribution in [3.8, 4) is 0 Å². The van der Waals surface area contributed by atoms with E-state index in [4.69, 9.17) is 34.8 Å². The van der Waals surface area contributed by atoms with Gasteiger partial charge in [0.1, 0.15) is 11.7 Å². The first-order valence-electron chi connectivity index (χ1n) is 8.68. The molecule has 0 heterocycles. The summed E-state index contributed by atoms with van der Waals surface area (Å²) in [4.78, 5) is 15.3. The Kier molecular flexibility index (Phi) is 8.42. The normalized spacial score (nSPS) is 14.0. The van der Waals surface area contributed by atoms with Crippen LogP contribution in [0, 0.1) is 0 Å². The lowest BCUT2D eigenvalue weighted by Gasteiger charge is -2.19. The lowest BCUT2D eigenvalue weighted by molar-refractivity contribution is -0.140. The first kappa shape index (κ1) is 26.9. The Morgan fingerprint density at radius 1 is 1.03 bits per heavy atom. The first-order valence-corrected chi connectivity index (χ1v) is 9.81. The molecule has 3 nitrogen and oxygen atoms in total. The van der Waals surface area contributed by atoms with Crippen molar-refractivity contribution in [1.29, 1.82) is 0 Å². The van der Waals surface area contributed by atoms with Gasteiger partial charge in [-0.15, -0.1) is 0 Å². The van der Waals surface area contributed by atoms with Gasteiger partial charge in [0.05, 0.1) is 32.5 Å². The van der Waals surface area contributed by atoms with E-state index in [1.807, 2.05) is 5.32 Å². The second-order valence-corrected chi connectivity index (χ2v) is 7.64. The van der Waals surface area contributed by atoms with Crippen LogP contribution in [0.15, 0.2) is 41.4 Å². The Morgan fingerprint density at radius 2 is 1.61 bits per heavy atom. The Hall–Kier alpha value is -2.30. The van der Waals surface area contributed by atoms with Crippen LogP contribution in [-0.4, -0.2) is 25.5 Å². The van der Waals surface area contributed by atoms with Crippen molar-refractivity contribution < 1.29 is 35.5 Å². The summed E-state index contributed by atoms with van der Waals surface area (Å²) in [5.74, 6) is -5.42. The van der Waals surface area contributed by atoms with Crippen molar-refractivity contribution in [2.24, 2.45) is 4.99 Å². The average Bonchev–Trinajstić information content (AvgIpc) is 2.71. The van der Waals surface area contributed by atoms with Gasteiger partial charge >= 0.3 is 12.4 Å². The van der Waals surface area contributed by atoms with Crippen LogP contribution in [0.25, 0.3) is 5.83 Å². The van der Waals surface area contributed by atoms with Crippen LogP contribution in [0.2, 0.25) is 15.1 Å². The monoisotopic (exact) mass is 534 g/mol. The fourth-order valence-electron chi connectivity index (χ4n) is 2.70. The molecule has 0 saturated heterocycles. The zero-order valence-electron chi connectivity index (χ0n) is 16.3. The molecular formula is C20H12Cl3F7N2O. The molecular weight excluding hydrogens is 524 g/mol. The molecule has 0 aliphatic carbocycles. The van der Waals surface area contributed by atoms with E-state index in [1.54, 1.807) is 0 Å². The topological polar surface area (TPSA) is 41.5 Å². The summed E-state index contributed by atoms with van der Waals surface area (Å²) in [7, 11) is 1.26. The van der Waals surface area contributed by atoms with Gasteiger partial charge in [0.2, 0.25) is 0 Å². The third-order valence-corrected chi connectivity index (χ3v) is 5.40. The van der Waals surface area contributed by atoms with E-state index in [9.17, 15) is 35.5 Å². The van der Waals surface area contributed by atoms with Crippen molar-refractivity contribution in [3.05, 3.63) is 73.7 Å². The van der Waals surface area contributed by atoms with Crippen molar-refractivity contribution >= 4 is 52.9 Å². The van der Waals surface area contributed by atoms with Crippen LogP contribution >= 0.6 is 34.8 Å².